The van der Waals surface area contributed by atoms with Gasteiger partial charge in [-0.2, -0.15) is 0 Å². The first-order valence-electron chi connectivity index (χ1n) is 3.68. The van der Waals surface area contributed by atoms with Gasteiger partial charge in [0.1, 0.15) is 0 Å². The van der Waals surface area contributed by atoms with Crippen molar-refractivity contribution in [1.29, 1.82) is 0 Å². The van der Waals surface area contributed by atoms with E-state index >= 15 is 0 Å². The van der Waals surface area contributed by atoms with Crippen molar-refractivity contribution in [2.45, 2.75) is 19.9 Å². The molecule has 0 aromatic carbocycles. The van der Waals surface area contributed by atoms with Gasteiger partial charge in [-0.1, -0.05) is 0 Å². The monoisotopic (exact) mass is 147 g/mol. The minimum absolute atomic E-state index is 0.127. The molecule has 0 amide bonds. The smallest absolute Gasteiger partial charge is 0.0701 e. The Bertz CT molecular complexity index is 66.6. The minimum Gasteiger partial charge on any atom is -0.379 e. The lowest BCUT2D eigenvalue weighted by Gasteiger charge is -2.05. The second-order valence-corrected chi connectivity index (χ2v) is 2.25. The number of hydrogen-bond donors (Lipinski definition) is 1. The topological polar surface area (TPSA) is 44.5 Å². The Kier molecular flexibility index (Phi) is 6.91. The van der Waals surface area contributed by atoms with E-state index < -0.39 is 0 Å². The van der Waals surface area contributed by atoms with Crippen LogP contribution in [0.2, 0.25) is 0 Å². The molecule has 0 aliphatic rings. The summed E-state index contributed by atoms with van der Waals surface area (Å²) in [6, 6.07) is 0.127. The highest BCUT2D eigenvalue weighted by Crippen LogP contribution is 1.80. The van der Waals surface area contributed by atoms with Gasteiger partial charge >= 0.3 is 0 Å². The second-order valence-electron chi connectivity index (χ2n) is 2.25. The van der Waals surface area contributed by atoms with Crippen LogP contribution in [-0.4, -0.2) is 32.5 Å². The lowest BCUT2D eigenvalue weighted by Crippen LogP contribution is -2.22. The van der Waals surface area contributed by atoms with Gasteiger partial charge in [-0.25, -0.2) is 0 Å². The van der Waals surface area contributed by atoms with Crippen molar-refractivity contribution in [1.82, 2.24) is 0 Å². The summed E-state index contributed by atoms with van der Waals surface area (Å²) >= 11 is 0. The van der Waals surface area contributed by atoms with E-state index in [0.717, 1.165) is 6.61 Å². The summed E-state index contributed by atoms with van der Waals surface area (Å²) in [5, 5.41) is 0. The normalized spacial score (nSPS) is 13.5. The molecule has 0 rings (SSSR count). The van der Waals surface area contributed by atoms with Gasteiger partial charge in [0.25, 0.3) is 0 Å². The zero-order valence-corrected chi connectivity index (χ0v) is 6.80. The highest BCUT2D eigenvalue weighted by atomic mass is 16.5. The van der Waals surface area contributed by atoms with Crippen molar-refractivity contribution in [3.05, 3.63) is 0 Å². The van der Waals surface area contributed by atoms with Crippen LogP contribution in [0.25, 0.3) is 0 Å². The van der Waals surface area contributed by atoms with Crippen molar-refractivity contribution in [3.8, 4) is 0 Å². The lowest BCUT2D eigenvalue weighted by molar-refractivity contribution is 0.0489. The van der Waals surface area contributed by atoms with Gasteiger partial charge in [-0.05, 0) is 13.8 Å². The van der Waals surface area contributed by atoms with Gasteiger partial charge in [-0.15, -0.1) is 0 Å². The number of rotatable bonds is 6. The third kappa shape index (κ3) is 7.88. The SMILES string of the molecule is CCOCCOCC(C)N. The molecule has 0 radical (unpaired) electrons. The van der Waals surface area contributed by atoms with Gasteiger partial charge < -0.3 is 15.2 Å². The summed E-state index contributed by atoms with van der Waals surface area (Å²) in [7, 11) is 0. The van der Waals surface area contributed by atoms with E-state index in [9.17, 15) is 0 Å². The zero-order chi connectivity index (χ0) is 7.82. The molecule has 0 aliphatic heterocycles. The van der Waals surface area contributed by atoms with Gasteiger partial charge in [0.05, 0.1) is 19.8 Å². The highest BCUT2D eigenvalue weighted by Gasteiger charge is 1.92. The van der Waals surface area contributed by atoms with Gasteiger partial charge in [0, 0.05) is 12.6 Å². The standard InChI is InChI=1S/C7H17NO2/c1-3-9-4-5-10-6-7(2)8/h7H,3-6,8H2,1-2H3. The molecule has 0 spiro atoms. The molecular weight excluding hydrogens is 130 g/mol. The molecular formula is C7H17NO2. The molecule has 0 aromatic rings. The Hall–Kier alpha value is -0.120. The van der Waals surface area contributed by atoms with Crippen molar-refractivity contribution < 1.29 is 9.47 Å². The summed E-state index contributed by atoms with van der Waals surface area (Å²) in [6.07, 6.45) is 0. The Morgan fingerprint density at radius 2 is 1.90 bits per heavy atom. The average molecular weight is 147 g/mol. The Labute approximate surface area is 62.5 Å². The molecule has 0 saturated heterocycles. The van der Waals surface area contributed by atoms with Crippen LogP contribution in [0.15, 0.2) is 0 Å². The van der Waals surface area contributed by atoms with E-state index in [-0.39, 0.29) is 6.04 Å². The van der Waals surface area contributed by atoms with Crippen molar-refractivity contribution in [3.63, 3.8) is 0 Å². The maximum absolute atomic E-state index is 5.44. The lowest BCUT2D eigenvalue weighted by atomic mass is 10.4. The third-order valence-corrected chi connectivity index (χ3v) is 0.957. The summed E-state index contributed by atoms with van der Waals surface area (Å²) < 4.78 is 10.2. The van der Waals surface area contributed by atoms with Crippen molar-refractivity contribution in [2.75, 3.05) is 26.4 Å². The Morgan fingerprint density at radius 3 is 2.40 bits per heavy atom. The van der Waals surface area contributed by atoms with Crippen LogP contribution in [0.1, 0.15) is 13.8 Å². The van der Waals surface area contributed by atoms with E-state index in [1.165, 1.54) is 0 Å². The van der Waals surface area contributed by atoms with Crippen LogP contribution < -0.4 is 5.73 Å². The van der Waals surface area contributed by atoms with E-state index in [1.54, 1.807) is 0 Å². The largest absolute Gasteiger partial charge is 0.379 e. The Morgan fingerprint density at radius 1 is 1.30 bits per heavy atom. The van der Waals surface area contributed by atoms with E-state index in [4.69, 9.17) is 15.2 Å². The van der Waals surface area contributed by atoms with Crippen molar-refractivity contribution in [2.24, 2.45) is 5.73 Å². The van der Waals surface area contributed by atoms with E-state index in [0.29, 0.717) is 19.8 Å². The number of ether oxygens (including phenoxy) is 2. The van der Waals surface area contributed by atoms with E-state index in [1.807, 2.05) is 13.8 Å². The van der Waals surface area contributed by atoms with Crippen molar-refractivity contribution >= 4 is 0 Å². The predicted octanol–water partition coefficient (Wildman–Crippen LogP) is 0.387. The fourth-order valence-corrected chi connectivity index (χ4v) is 0.531. The van der Waals surface area contributed by atoms with Crippen LogP contribution in [0.3, 0.4) is 0 Å². The second kappa shape index (κ2) is 6.99. The summed E-state index contributed by atoms with van der Waals surface area (Å²) in [5.74, 6) is 0. The molecule has 1 atom stereocenters. The zero-order valence-electron chi connectivity index (χ0n) is 6.80. The molecule has 3 heteroatoms. The summed E-state index contributed by atoms with van der Waals surface area (Å²) in [5.41, 5.74) is 5.44. The van der Waals surface area contributed by atoms with Crippen LogP contribution in [-0.2, 0) is 9.47 Å². The van der Waals surface area contributed by atoms with Crippen LogP contribution in [0, 0.1) is 0 Å². The van der Waals surface area contributed by atoms with Gasteiger partial charge in [0.15, 0.2) is 0 Å². The maximum Gasteiger partial charge on any atom is 0.0701 e. The van der Waals surface area contributed by atoms with Crippen LogP contribution in [0.4, 0.5) is 0 Å². The fraction of sp³-hybridized carbons (Fsp3) is 1.00. The predicted molar refractivity (Wildman–Crippen MR) is 41.0 cm³/mol. The van der Waals surface area contributed by atoms with Crippen LogP contribution in [0.5, 0.6) is 0 Å². The van der Waals surface area contributed by atoms with Gasteiger partial charge in [0.2, 0.25) is 0 Å². The molecule has 0 aromatic heterocycles. The first kappa shape index (κ1) is 9.88. The van der Waals surface area contributed by atoms with Crippen LogP contribution >= 0.6 is 0 Å². The molecule has 2 N–H and O–H groups in total. The molecule has 10 heavy (non-hydrogen) atoms. The average Bonchev–Trinajstić information content (AvgIpc) is 1.87. The fourth-order valence-electron chi connectivity index (χ4n) is 0.531. The number of nitrogens with two attached hydrogens (primary N) is 1. The van der Waals surface area contributed by atoms with Gasteiger partial charge in [-0.3, -0.25) is 0 Å². The molecule has 0 heterocycles. The van der Waals surface area contributed by atoms with E-state index in [2.05, 4.69) is 0 Å². The number of hydrogen-bond acceptors (Lipinski definition) is 3. The third-order valence-electron chi connectivity index (χ3n) is 0.957. The highest BCUT2D eigenvalue weighted by molar-refractivity contribution is 4.47. The molecule has 3 nitrogen and oxygen atoms in total. The molecule has 0 fully saturated rings. The molecule has 62 valence electrons. The quantitative estimate of drug-likeness (QED) is 0.553. The Balaban J connectivity index is 2.77. The first-order chi connectivity index (χ1) is 4.77. The molecule has 0 saturated carbocycles. The summed E-state index contributed by atoms with van der Waals surface area (Å²) in [6.45, 7) is 6.57. The minimum atomic E-state index is 0.127. The maximum atomic E-state index is 5.44. The summed E-state index contributed by atoms with van der Waals surface area (Å²) in [4.78, 5) is 0. The molecule has 1 unspecified atom stereocenters. The molecule has 0 aliphatic carbocycles. The molecule has 0 bridgehead atoms. The first-order valence-corrected chi connectivity index (χ1v) is 3.68.